The van der Waals surface area contributed by atoms with Crippen molar-refractivity contribution in [3.63, 3.8) is 0 Å². The second-order valence-corrected chi connectivity index (χ2v) is 8.50. The molecule has 3 aromatic carbocycles. The van der Waals surface area contributed by atoms with Crippen molar-refractivity contribution in [2.75, 3.05) is 38.1 Å². The molecular formula is C27H25N3O7. The van der Waals surface area contributed by atoms with Crippen LogP contribution in [0.2, 0.25) is 0 Å². The van der Waals surface area contributed by atoms with Crippen molar-refractivity contribution in [3.8, 4) is 11.5 Å². The van der Waals surface area contributed by atoms with Gasteiger partial charge in [0, 0.05) is 49.2 Å². The second kappa shape index (κ2) is 10.0. The number of carbonyl (C=O) groups excluding carboxylic acids is 2. The summed E-state index contributed by atoms with van der Waals surface area (Å²) in [6.45, 7) is 0. The van der Waals surface area contributed by atoms with Gasteiger partial charge in [0.15, 0.2) is 11.5 Å². The molecule has 1 saturated heterocycles. The highest BCUT2D eigenvalue weighted by Gasteiger charge is 2.47. The smallest absolute Gasteiger partial charge is 0.300 e. The van der Waals surface area contributed by atoms with Gasteiger partial charge in [0.1, 0.15) is 5.76 Å². The highest BCUT2D eigenvalue weighted by Crippen LogP contribution is 2.44. The van der Waals surface area contributed by atoms with Gasteiger partial charge in [-0.2, -0.15) is 0 Å². The number of rotatable bonds is 7. The molecule has 1 N–H and O–H groups in total. The molecule has 0 radical (unpaired) electrons. The van der Waals surface area contributed by atoms with Gasteiger partial charge in [0.2, 0.25) is 0 Å². The number of benzene rings is 3. The lowest BCUT2D eigenvalue weighted by Gasteiger charge is -2.26. The number of methoxy groups -OCH3 is 2. The van der Waals surface area contributed by atoms with Crippen LogP contribution in [0.25, 0.3) is 5.76 Å². The molecule has 190 valence electrons. The number of aliphatic hydroxyl groups excluding tert-OH is 1. The van der Waals surface area contributed by atoms with E-state index in [-0.39, 0.29) is 16.8 Å². The molecule has 1 heterocycles. The molecule has 0 spiro atoms. The number of Topliss-reactive ketones (excluding diaryl/α,β-unsaturated/α-hetero) is 1. The summed E-state index contributed by atoms with van der Waals surface area (Å²) < 4.78 is 10.7. The van der Waals surface area contributed by atoms with Crippen LogP contribution in [0.15, 0.2) is 72.3 Å². The molecule has 1 aliphatic heterocycles. The molecule has 0 aliphatic carbocycles. The van der Waals surface area contributed by atoms with E-state index in [0.717, 1.165) is 11.8 Å². The molecule has 4 rings (SSSR count). The minimum Gasteiger partial charge on any atom is -0.507 e. The van der Waals surface area contributed by atoms with Crippen LogP contribution in [0.5, 0.6) is 11.5 Å². The quantitative estimate of drug-likeness (QED) is 0.166. The Morgan fingerprint density at radius 3 is 2.24 bits per heavy atom. The van der Waals surface area contributed by atoms with Crippen molar-refractivity contribution in [2.24, 2.45) is 0 Å². The normalized spacial score (nSPS) is 16.5. The summed E-state index contributed by atoms with van der Waals surface area (Å²) in [5.41, 5.74) is 1.41. The zero-order valence-electron chi connectivity index (χ0n) is 20.7. The van der Waals surface area contributed by atoms with Gasteiger partial charge >= 0.3 is 0 Å². The molecule has 3 aromatic rings. The SMILES string of the molecule is COc1ccc(N2C(=O)C(=O)/C(=C(/O)c3cccc([N+](=O)[O-])c3)C2c2ccc(N(C)C)cc2)cc1OC. The van der Waals surface area contributed by atoms with E-state index < -0.39 is 28.4 Å². The summed E-state index contributed by atoms with van der Waals surface area (Å²) in [7, 11) is 6.70. The molecule has 37 heavy (non-hydrogen) atoms. The number of non-ortho nitro benzene ring substituents is 1. The Labute approximate surface area is 213 Å². The maximum absolute atomic E-state index is 13.4. The minimum absolute atomic E-state index is 0.0504. The van der Waals surface area contributed by atoms with E-state index in [1.165, 1.54) is 37.3 Å². The third kappa shape index (κ3) is 4.56. The van der Waals surface area contributed by atoms with E-state index in [0.29, 0.717) is 22.7 Å². The van der Waals surface area contributed by atoms with Crippen molar-refractivity contribution in [1.82, 2.24) is 0 Å². The summed E-state index contributed by atoms with van der Waals surface area (Å²) in [5, 5.41) is 22.5. The third-order valence-corrected chi connectivity index (χ3v) is 6.15. The molecule has 1 atom stereocenters. The number of aliphatic hydroxyl groups is 1. The van der Waals surface area contributed by atoms with Gasteiger partial charge in [-0.25, -0.2) is 0 Å². The second-order valence-electron chi connectivity index (χ2n) is 8.50. The highest BCUT2D eigenvalue weighted by atomic mass is 16.6. The molecule has 1 fully saturated rings. The average molecular weight is 504 g/mol. The van der Waals surface area contributed by atoms with Crippen LogP contribution in [0.4, 0.5) is 17.1 Å². The molecule has 10 nitrogen and oxygen atoms in total. The lowest BCUT2D eigenvalue weighted by atomic mass is 9.94. The summed E-state index contributed by atoms with van der Waals surface area (Å²) in [4.78, 5) is 40.6. The van der Waals surface area contributed by atoms with E-state index in [4.69, 9.17) is 9.47 Å². The number of nitro groups is 1. The van der Waals surface area contributed by atoms with Crippen LogP contribution in [0.1, 0.15) is 17.2 Å². The first-order valence-corrected chi connectivity index (χ1v) is 11.2. The zero-order chi connectivity index (χ0) is 26.9. The summed E-state index contributed by atoms with van der Waals surface area (Å²) in [6.07, 6.45) is 0. The number of nitrogens with zero attached hydrogens (tertiary/aromatic N) is 3. The topological polar surface area (TPSA) is 122 Å². The Hall–Kier alpha value is -4.86. The number of anilines is 2. The zero-order valence-corrected chi connectivity index (χ0v) is 20.7. The predicted octanol–water partition coefficient (Wildman–Crippen LogP) is 4.30. The van der Waals surface area contributed by atoms with Gasteiger partial charge in [-0.05, 0) is 29.8 Å². The Balaban J connectivity index is 1.95. The lowest BCUT2D eigenvalue weighted by Crippen LogP contribution is -2.29. The van der Waals surface area contributed by atoms with E-state index in [1.54, 1.807) is 30.3 Å². The van der Waals surface area contributed by atoms with Crippen LogP contribution >= 0.6 is 0 Å². The first-order valence-electron chi connectivity index (χ1n) is 11.2. The van der Waals surface area contributed by atoms with Gasteiger partial charge in [0.25, 0.3) is 17.4 Å². The Kier molecular flexibility index (Phi) is 6.83. The van der Waals surface area contributed by atoms with Gasteiger partial charge in [-0.3, -0.25) is 24.6 Å². The van der Waals surface area contributed by atoms with Gasteiger partial charge in [0.05, 0.1) is 30.8 Å². The number of hydrogen-bond donors (Lipinski definition) is 1. The molecule has 1 unspecified atom stereocenters. The molecule has 0 bridgehead atoms. The van der Waals surface area contributed by atoms with E-state index in [1.807, 2.05) is 31.1 Å². The lowest BCUT2D eigenvalue weighted by molar-refractivity contribution is -0.384. The van der Waals surface area contributed by atoms with E-state index >= 15 is 0 Å². The molecule has 0 aromatic heterocycles. The number of ether oxygens (including phenoxy) is 2. The first-order chi connectivity index (χ1) is 17.7. The number of nitro benzene ring substituents is 1. The maximum atomic E-state index is 13.4. The molecule has 0 saturated carbocycles. The minimum atomic E-state index is -1.01. The van der Waals surface area contributed by atoms with Crippen molar-refractivity contribution in [2.45, 2.75) is 6.04 Å². The predicted molar refractivity (Wildman–Crippen MR) is 138 cm³/mol. The van der Waals surface area contributed by atoms with Crippen LogP contribution in [-0.4, -0.2) is 50.0 Å². The monoisotopic (exact) mass is 503 g/mol. The third-order valence-electron chi connectivity index (χ3n) is 6.15. The van der Waals surface area contributed by atoms with Crippen LogP contribution in [0, 0.1) is 10.1 Å². The van der Waals surface area contributed by atoms with Crippen molar-refractivity contribution in [1.29, 1.82) is 0 Å². The van der Waals surface area contributed by atoms with Gasteiger partial charge in [-0.1, -0.05) is 24.3 Å². The fraction of sp³-hybridized carbons (Fsp3) is 0.185. The van der Waals surface area contributed by atoms with E-state index in [2.05, 4.69) is 0 Å². The maximum Gasteiger partial charge on any atom is 0.300 e. The van der Waals surface area contributed by atoms with Crippen molar-refractivity contribution >= 4 is 34.5 Å². The fourth-order valence-electron chi connectivity index (χ4n) is 4.27. The van der Waals surface area contributed by atoms with E-state index in [9.17, 15) is 24.8 Å². The number of amides is 1. The van der Waals surface area contributed by atoms with Crippen molar-refractivity contribution in [3.05, 3.63) is 93.5 Å². The Morgan fingerprint density at radius 1 is 0.973 bits per heavy atom. The van der Waals surface area contributed by atoms with Crippen LogP contribution < -0.4 is 19.3 Å². The van der Waals surface area contributed by atoms with Crippen LogP contribution in [-0.2, 0) is 9.59 Å². The Bertz CT molecular complexity index is 1410. The summed E-state index contributed by atoms with van der Waals surface area (Å²) in [5.74, 6) is -1.50. The summed E-state index contributed by atoms with van der Waals surface area (Å²) in [6, 6.07) is 16.3. The van der Waals surface area contributed by atoms with Crippen LogP contribution in [0.3, 0.4) is 0 Å². The summed E-state index contributed by atoms with van der Waals surface area (Å²) >= 11 is 0. The first kappa shape index (κ1) is 25.2. The molecular weight excluding hydrogens is 478 g/mol. The molecule has 10 heteroatoms. The number of carbonyl (C=O) groups is 2. The Morgan fingerprint density at radius 2 is 1.65 bits per heavy atom. The standard InChI is InChI=1S/C27H25N3O7/c1-28(2)18-10-8-16(9-11-18)24-23(25(31)17-6-5-7-20(14-17)30(34)35)26(32)27(33)29(24)19-12-13-21(36-3)22(15-19)37-4/h5-15,24,31H,1-4H3/b25-23+. The van der Waals surface area contributed by atoms with Crippen molar-refractivity contribution < 1.29 is 29.1 Å². The highest BCUT2D eigenvalue weighted by molar-refractivity contribution is 6.51. The number of ketones is 1. The van der Waals surface area contributed by atoms with Gasteiger partial charge < -0.3 is 19.5 Å². The molecule has 1 amide bonds. The average Bonchev–Trinajstić information content (AvgIpc) is 3.17. The molecule has 1 aliphatic rings. The fourth-order valence-corrected chi connectivity index (χ4v) is 4.27. The number of hydrogen-bond acceptors (Lipinski definition) is 8. The van der Waals surface area contributed by atoms with Gasteiger partial charge in [-0.15, -0.1) is 0 Å². The largest absolute Gasteiger partial charge is 0.507 e.